The topological polar surface area (TPSA) is 131 Å². The highest BCUT2D eigenvalue weighted by atomic mass is 32.2. The lowest BCUT2D eigenvalue weighted by Crippen LogP contribution is -2.63. The number of imide groups is 1. The van der Waals surface area contributed by atoms with Gasteiger partial charge in [0.25, 0.3) is 5.91 Å². The number of rotatable bonds is 5. The van der Waals surface area contributed by atoms with Gasteiger partial charge in [0.05, 0.1) is 30.7 Å². The Kier molecular flexibility index (Phi) is 5.76. The minimum atomic E-state index is -0.659. The third kappa shape index (κ3) is 3.81. The number of hydrogen-bond donors (Lipinski definition) is 2. The zero-order valence-electron chi connectivity index (χ0n) is 19.1. The molecule has 34 heavy (non-hydrogen) atoms. The van der Waals surface area contributed by atoms with Crippen LogP contribution in [-0.4, -0.2) is 104 Å². The van der Waals surface area contributed by atoms with Crippen LogP contribution in [0.2, 0.25) is 0 Å². The molecule has 5 rings (SSSR count). The van der Waals surface area contributed by atoms with Crippen LogP contribution in [0.4, 0.5) is 4.79 Å². The standard InChI is InChI=1S/C22H26N8O3S/c1-27-18-16(19(32)28(2)22(27)33)30(21(26-18)29-9-7-13(8-10-29)17(23)31)11-12-34-20-24-14-5-3-4-6-15(14)25-20/h3-6,13,16H,7-12H2,1-2H3,(H2-,23,24,25,31)/p+1. The number of piperidine rings is 1. The SMILES string of the molecule is CN1C(=O)C2C(=NC(=[N+]3CCC(C(N)=O)CC3)N2CCSc2nc3ccccc3[nH]2)N(C)C1=O. The van der Waals surface area contributed by atoms with E-state index in [1.54, 1.807) is 18.8 Å². The predicted molar refractivity (Wildman–Crippen MR) is 128 cm³/mol. The molecule has 2 saturated heterocycles. The van der Waals surface area contributed by atoms with E-state index in [1.807, 2.05) is 29.2 Å². The number of guanidine groups is 1. The zero-order valence-corrected chi connectivity index (χ0v) is 19.9. The molecular weight excluding hydrogens is 456 g/mol. The van der Waals surface area contributed by atoms with Gasteiger partial charge in [0, 0.05) is 25.8 Å². The molecular formula is C22H27N8O3S+. The summed E-state index contributed by atoms with van der Waals surface area (Å²) >= 11 is 1.57. The maximum Gasteiger partial charge on any atom is 0.392 e. The number of aromatic nitrogens is 2. The number of fused-ring (bicyclic) bond motifs is 2. The van der Waals surface area contributed by atoms with Gasteiger partial charge in [-0.3, -0.25) is 24.0 Å². The third-order valence-electron chi connectivity index (χ3n) is 6.63. The number of amidine groups is 1. The molecule has 1 aromatic heterocycles. The number of primary amides is 1. The van der Waals surface area contributed by atoms with Crippen LogP contribution in [0.1, 0.15) is 12.8 Å². The highest BCUT2D eigenvalue weighted by Crippen LogP contribution is 2.26. The molecule has 1 atom stereocenters. The molecule has 1 aromatic carbocycles. The van der Waals surface area contributed by atoms with Crippen molar-refractivity contribution in [2.75, 3.05) is 39.5 Å². The molecule has 1 unspecified atom stereocenters. The van der Waals surface area contributed by atoms with Gasteiger partial charge in [-0.2, -0.15) is 0 Å². The highest BCUT2D eigenvalue weighted by molar-refractivity contribution is 7.99. The number of thioether (sulfide) groups is 1. The van der Waals surface area contributed by atoms with Gasteiger partial charge in [0.15, 0.2) is 5.16 Å². The average Bonchev–Trinajstić information content (AvgIpc) is 3.43. The van der Waals surface area contributed by atoms with Gasteiger partial charge in [-0.15, -0.1) is 0 Å². The van der Waals surface area contributed by atoms with E-state index in [4.69, 9.17) is 10.7 Å². The first-order valence-corrected chi connectivity index (χ1v) is 12.2. The van der Waals surface area contributed by atoms with Gasteiger partial charge in [-0.1, -0.05) is 28.9 Å². The summed E-state index contributed by atoms with van der Waals surface area (Å²) < 4.78 is 2.09. The summed E-state index contributed by atoms with van der Waals surface area (Å²) in [7, 11) is 3.14. The van der Waals surface area contributed by atoms with Crippen molar-refractivity contribution < 1.29 is 19.0 Å². The number of likely N-dealkylation sites (N-methyl/N-ethyl adjacent to an activating group) is 2. The van der Waals surface area contributed by atoms with Crippen LogP contribution in [0.5, 0.6) is 0 Å². The van der Waals surface area contributed by atoms with Crippen LogP contribution < -0.4 is 5.73 Å². The number of nitrogens with one attached hydrogen (secondary N) is 1. The number of urea groups is 1. The Morgan fingerprint density at radius 1 is 1.21 bits per heavy atom. The first-order valence-electron chi connectivity index (χ1n) is 11.2. The van der Waals surface area contributed by atoms with Crippen molar-refractivity contribution in [1.82, 2.24) is 24.7 Å². The molecule has 4 heterocycles. The summed E-state index contributed by atoms with van der Waals surface area (Å²) in [5.41, 5.74) is 7.38. The number of benzene rings is 1. The molecule has 4 amide bonds. The first kappa shape index (κ1) is 22.4. The number of para-hydroxylation sites is 2. The quantitative estimate of drug-likeness (QED) is 0.471. The largest absolute Gasteiger partial charge is 0.392 e. The Balaban J connectivity index is 1.40. The number of aliphatic imine (C=N–C) groups is 1. The summed E-state index contributed by atoms with van der Waals surface area (Å²) in [6.07, 6.45) is 1.27. The van der Waals surface area contributed by atoms with E-state index in [2.05, 4.69) is 14.5 Å². The fraction of sp³-hybridized carbons (Fsp3) is 0.455. The fourth-order valence-electron chi connectivity index (χ4n) is 4.67. The molecule has 11 nitrogen and oxygen atoms in total. The van der Waals surface area contributed by atoms with Crippen LogP contribution in [0.25, 0.3) is 11.0 Å². The Morgan fingerprint density at radius 2 is 1.94 bits per heavy atom. The second kappa shape index (κ2) is 8.75. The van der Waals surface area contributed by atoms with Crippen molar-refractivity contribution in [3.05, 3.63) is 24.3 Å². The molecule has 3 aliphatic rings. The fourth-order valence-corrected chi connectivity index (χ4v) is 5.50. The molecule has 0 spiro atoms. The van der Waals surface area contributed by atoms with Crippen LogP contribution in [0.3, 0.4) is 0 Å². The van der Waals surface area contributed by atoms with Crippen molar-refractivity contribution in [3.63, 3.8) is 0 Å². The number of carbonyl (C=O) groups excluding carboxylic acids is 3. The van der Waals surface area contributed by atoms with Crippen molar-refractivity contribution in [2.45, 2.75) is 24.0 Å². The van der Waals surface area contributed by atoms with E-state index in [-0.39, 0.29) is 17.7 Å². The highest BCUT2D eigenvalue weighted by Gasteiger charge is 2.55. The van der Waals surface area contributed by atoms with E-state index >= 15 is 0 Å². The minimum absolute atomic E-state index is 0.151. The molecule has 0 aliphatic carbocycles. The van der Waals surface area contributed by atoms with Gasteiger partial charge >= 0.3 is 12.0 Å². The number of carbonyl (C=O) groups is 3. The zero-order chi connectivity index (χ0) is 24.0. The van der Waals surface area contributed by atoms with Crippen LogP contribution >= 0.6 is 11.8 Å². The molecule has 2 aromatic rings. The molecule has 2 fully saturated rings. The van der Waals surface area contributed by atoms with Crippen LogP contribution in [0, 0.1) is 5.92 Å². The van der Waals surface area contributed by atoms with E-state index in [1.165, 1.54) is 11.9 Å². The van der Waals surface area contributed by atoms with Crippen molar-refractivity contribution >= 4 is 52.4 Å². The molecule has 3 N–H and O–H groups in total. The van der Waals surface area contributed by atoms with Crippen LogP contribution in [0.15, 0.2) is 34.4 Å². The lowest BCUT2D eigenvalue weighted by Gasteiger charge is -2.33. The van der Waals surface area contributed by atoms with Gasteiger partial charge in [-0.05, 0) is 25.0 Å². The van der Waals surface area contributed by atoms with E-state index in [9.17, 15) is 14.4 Å². The number of aromatic amines is 1. The van der Waals surface area contributed by atoms with E-state index in [0.717, 1.165) is 21.1 Å². The van der Waals surface area contributed by atoms with Gasteiger partial charge in [0.2, 0.25) is 17.8 Å². The number of hydrogen-bond acceptors (Lipinski definition) is 5. The number of nitrogens with two attached hydrogens (primary N) is 1. The lowest BCUT2D eigenvalue weighted by molar-refractivity contribution is -0.544. The predicted octanol–water partition coefficient (Wildman–Crippen LogP) is 0.525. The number of nitrogens with zero attached hydrogens (tertiary/aromatic N) is 6. The lowest BCUT2D eigenvalue weighted by atomic mass is 9.97. The molecule has 3 aliphatic heterocycles. The van der Waals surface area contributed by atoms with Crippen molar-refractivity contribution in [1.29, 1.82) is 0 Å². The van der Waals surface area contributed by atoms with E-state index in [0.29, 0.717) is 50.0 Å². The molecule has 0 radical (unpaired) electrons. The van der Waals surface area contributed by atoms with Gasteiger partial charge < -0.3 is 10.7 Å². The van der Waals surface area contributed by atoms with Gasteiger partial charge in [0.1, 0.15) is 0 Å². The third-order valence-corrected chi connectivity index (χ3v) is 7.48. The average molecular weight is 484 g/mol. The summed E-state index contributed by atoms with van der Waals surface area (Å²) in [4.78, 5) is 54.5. The van der Waals surface area contributed by atoms with Gasteiger partial charge in [-0.25, -0.2) is 14.7 Å². The molecule has 0 bridgehead atoms. The smallest absolute Gasteiger partial charge is 0.369 e. The van der Waals surface area contributed by atoms with E-state index < -0.39 is 12.1 Å². The summed E-state index contributed by atoms with van der Waals surface area (Å²) in [5.74, 6) is 1.04. The Labute approximate surface area is 200 Å². The summed E-state index contributed by atoms with van der Waals surface area (Å²) in [5, 5.41) is 0.810. The monoisotopic (exact) mass is 483 g/mol. The number of amides is 4. The maximum absolute atomic E-state index is 13.1. The Hall–Kier alpha value is -3.41. The second-order valence-electron chi connectivity index (χ2n) is 8.68. The molecule has 12 heteroatoms. The maximum atomic E-state index is 13.1. The van der Waals surface area contributed by atoms with Crippen LogP contribution in [-0.2, 0) is 9.59 Å². The minimum Gasteiger partial charge on any atom is -0.369 e. The number of imidazole rings is 1. The summed E-state index contributed by atoms with van der Waals surface area (Å²) in [6.45, 7) is 1.76. The number of H-pyrrole nitrogens is 1. The molecule has 178 valence electrons. The second-order valence-corrected chi connectivity index (χ2v) is 9.76. The van der Waals surface area contributed by atoms with Crippen molar-refractivity contribution in [3.8, 4) is 0 Å². The van der Waals surface area contributed by atoms with Crippen molar-refractivity contribution in [2.24, 2.45) is 16.6 Å². The molecule has 0 saturated carbocycles. The summed E-state index contributed by atoms with van der Waals surface area (Å²) in [6, 6.07) is 6.80. The normalized spacial score (nSPS) is 23.1. The Bertz CT molecular complexity index is 1190. The first-order chi connectivity index (χ1) is 16.3. The Morgan fingerprint density at radius 3 is 2.65 bits per heavy atom.